The Balaban J connectivity index is 2.12. The first-order valence-electron chi connectivity index (χ1n) is 5.75. The maximum absolute atomic E-state index is 6.20. The molecule has 0 fully saturated rings. The van der Waals surface area contributed by atoms with E-state index in [0.29, 0.717) is 27.1 Å². The van der Waals surface area contributed by atoms with Crippen LogP contribution in [0.2, 0.25) is 10.0 Å². The van der Waals surface area contributed by atoms with Crippen LogP contribution in [-0.4, -0.2) is 20.2 Å². The third-order valence-corrected chi connectivity index (χ3v) is 3.34. The Morgan fingerprint density at radius 2 is 1.75 bits per heavy atom. The van der Waals surface area contributed by atoms with Crippen LogP contribution in [0.5, 0.6) is 0 Å². The Morgan fingerprint density at radius 3 is 2.45 bits per heavy atom. The molecule has 2 aromatic carbocycles. The number of nitrogens with two attached hydrogens (primary N) is 1. The molecule has 0 saturated heterocycles. The van der Waals surface area contributed by atoms with Crippen molar-refractivity contribution in [3.8, 4) is 17.1 Å². The quantitative estimate of drug-likeness (QED) is 0.738. The maximum Gasteiger partial charge on any atom is 0.188 e. The lowest BCUT2D eigenvalue weighted by molar-refractivity contribution is 0.791. The molecular weight excluding hydrogens is 297 g/mol. The van der Waals surface area contributed by atoms with Crippen molar-refractivity contribution in [1.29, 1.82) is 0 Å². The highest BCUT2D eigenvalue weighted by Crippen LogP contribution is 2.29. The minimum Gasteiger partial charge on any atom is -0.399 e. The fourth-order valence-corrected chi connectivity index (χ4v) is 2.22. The number of hydrogen-bond donors (Lipinski definition) is 1. The molecule has 0 aliphatic heterocycles. The van der Waals surface area contributed by atoms with E-state index in [1.54, 1.807) is 35.0 Å². The number of tetrazole rings is 1. The van der Waals surface area contributed by atoms with Gasteiger partial charge in [-0.3, -0.25) is 0 Å². The topological polar surface area (TPSA) is 69.6 Å². The van der Waals surface area contributed by atoms with Crippen LogP contribution in [0.25, 0.3) is 17.1 Å². The highest BCUT2D eigenvalue weighted by Gasteiger charge is 2.13. The minimum absolute atomic E-state index is 0.495. The minimum atomic E-state index is 0.495. The number of nitrogens with zero attached hydrogens (tertiary/aromatic N) is 4. The van der Waals surface area contributed by atoms with Gasteiger partial charge in [0.15, 0.2) is 5.82 Å². The van der Waals surface area contributed by atoms with Crippen molar-refractivity contribution >= 4 is 28.9 Å². The first-order valence-corrected chi connectivity index (χ1v) is 6.50. The Hall–Kier alpha value is -2.11. The SMILES string of the molecule is Nc1ccc(-c2nnnn2-c2ccc(Cl)cc2)c(Cl)c1. The van der Waals surface area contributed by atoms with Crippen LogP contribution >= 0.6 is 23.2 Å². The first kappa shape index (κ1) is 12.9. The summed E-state index contributed by atoms with van der Waals surface area (Å²) in [5.74, 6) is 0.539. The molecule has 0 atom stereocenters. The van der Waals surface area contributed by atoms with Crippen LogP contribution < -0.4 is 5.73 Å². The van der Waals surface area contributed by atoms with Crippen molar-refractivity contribution in [3.05, 3.63) is 52.5 Å². The summed E-state index contributed by atoms with van der Waals surface area (Å²) in [4.78, 5) is 0. The maximum atomic E-state index is 6.20. The standard InChI is InChI=1S/C13H9Cl2N5/c14-8-1-4-10(5-2-8)20-13(17-18-19-20)11-6-3-9(16)7-12(11)15/h1-7H,16H2. The van der Waals surface area contributed by atoms with E-state index >= 15 is 0 Å². The molecule has 0 amide bonds. The molecule has 100 valence electrons. The molecule has 5 nitrogen and oxygen atoms in total. The normalized spacial score (nSPS) is 10.7. The van der Waals surface area contributed by atoms with Crippen LogP contribution in [0.15, 0.2) is 42.5 Å². The molecule has 0 aliphatic carbocycles. The lowest BCUT2D eigenvalue weighted by Gasteiger charge is -2.06. The van der Waals surface area contributed by atoms with Crippen molar-refractivity contribution in [2.24, 2.45) is 0 Å². The van der Waals surface area contributed by atoms with Gasteiger partial charge in [-0.25, -0.2) is 0 Å². The average Bonchev–Trinajstić information content (AvgIpc) is 2.88. The second kappa shape index (κ2) is 5.11. The van der Waals surface area contributed by atoms with Crippen LogP contribution in [0.4, 0.5) is 5.69 Å². The molecule has 3 rings (SSSR count). The van der Waals surface area contributed by atoms with E-state index in [9.17, 15) is 0 Å². The number of halogens is 2. The smallest absolute Gasteiger partial charge is 0.188 e. The number of aromatic nitrogens is 4. The zero-order valence-corrected chi connectivity index (χ0v) is 11.7. The Bertz CT molecular complexity index is 752. The van der Waals surface area contributed by atoms with Gasteiger partial charge in [-0.1, -0.05) is 23.2 Å². The fraction of sp³-hybridized carbons (Fsp3) is 0. The van der Waals surface area contributed by atoms with Crippen molar-refractivity contribution in [1.82, 2.24) is 20.2 Å². The van der Waals surface area contributed by atoms with Crippen molar-refractivity contribution in [2.75, 3.05) is 5.73 Å². The van der Waals surface area contributed by atoms with E-state index in [4.69, 9.17) is 28.9 Å². The number of rotatable bonds is 2. The van der Waals surface area contributed by atoms with E-state index in [-0.39, 0.29) is 0 Å². The molecule has 2 N–H and O–H groups in total. The Kier molecular flexibility index (Phi) is 3.30. The van der Waals surface area contributed by atoms with Gasteiger partial charge in [0.1, 0.15) is 0 Å². The summed E-state index contributed by atoms with van der Waals surface area (Å²) < 4.78 is 1.59. The zero-order valence-electron chi connectivity index (χ0n) is 10.2. The first-order chi connectivity index (χ1) is 9.65. The van der Waals surface area contributed by atoms with E-state index < -0.39 is 0 Å². The lowest BCUT2D eigenvalue weighted by atomic mass is 10.2. The van der Waals surface area contributed by atoms with Gasteiger partial charge in [0, 0.05) is 16.3 Å². The molecule has 0 aliphatic rings. The number of anilines is 1. The molecule has 7 heteroatoms. The van der Waals surface area contributed by atoms with Gasteiger partial charge < -0.3 is 5.73 Å². The monoisotopic (exact) mass is 305 g/mol. The van der Waals surface area contributed by atoms with Crippen LogP contribution in [0.1, 0.15) is 0 Å². The summed E-state index contributed by atoms with van der Waals surface area (Å²) in [7, 11) is 0. The molecule has 0 radical (unpaired) electrons. The van der Waals surface area contributed by atoms with Crippen LogP contribution in [-0.2, 0) is 0 Å². The van der Waals surface area contributed by atoms with Gasteiger partial charge in [0.25, 0.3) is 0 Å². The van der Waals surface area contributed by atoms with Gasteiger partial charge >= 0.3 is 0 Å². The Labute approximate surface area is 124 Å². The van der Waals surface area contributed by atoms with E-state index in [0.717, 1.165) is 5.69 Å². The lowest BCUT2D eigenvalue weighted by Crippen LogP contribution is -2.00. The average molecular weight is 306 g/mol. The second-order valence-corrected chi connectivity index (χ2v) is 4.97. The van der Waals surface area contributed by atoms with Gasteiger partial charge in [-0.05, 0) is 52.9 Å². The summed E-state index contributed by atoms with van der Waals surface area (Å²) in [5, 5.41) is 12.8. The molecule has 1 heterocycles. The predicted molar refractivity (Wildman–Crippen MR) is 79.0 cm³/mol. The second-order valence-electron chi connectivity index (χ2n) is 4.13. The van der Waals surface area contributed by atoms with Gasteiger partial charge in [-0.15, -0.1) is 5.10 Å². The highest BCUT2D eigenvalue weighted by molar-refractivity contribution is 6.33. The summed E-state index contributed by atoms with van der Waals surface area (Å²) in [6.45, 7) is 0. The van der Waals surface area contributed by atoms with Crippen LogP contribution in [0.3, 0.4) is 0 Å². The Morgan fingerprint density at radius 1 is 1.00 bits per heavy atom. The molecule has 20 heavy (non-hydrogen) atoms. The van der Waals surface area contributed by atoms with E-state index in [1.807, 2.05) is 12.1 Å². The summed E-state index contributed by atoms with van der Waals surface area (Å²) in [6.07, 6.45) is 0. The number of nitrogen functional groups attached to an aromatic ring is 1. The van der Waals surface area contributed by atoms with Crippen LogP contribution in [0, 0.1) is 0 Å². The van der Waals surface area contributed by atoms with Gasteiger partial charge in [0.2, 0.25) is 0 Å². The van der Waals surface area contributed by atoms with E-state index in [2.05, 4.69) is 15.5 Å². The summed E-state index contributed by atoms with van der Waals surface area (Å²) in [5.41, 5.74) is 7.78. The molecular formula is C13H9Cl2N5. The number of benzene rings is 2. The summed E-state index contributed by atoms with van der Waals surface area (Å²) >= 11 is 12.1. The van der Waals surface area contributed by atoms with Gasteiger partial charge in [-0.2, -0.15) is 4.68 Å². The molecule has 1 aromatic heterocycles. The molecule has 0 spiro atoms. The molecule has 0 saturated carbocycles. The predicted octanol–water partition coefficient (Wildman–Crippen LogP) is 3.22. The molecule has 0 unspecified atom stereocenters. The largest absolute Gasteiger partial charge is 0.399 e. The van der Waals surface area contributed by atoms with E-state index in [1.165, 1.54) is 0 Å². The molecule has 0 bridgehead atoms. The summed E-state index contributed by atoms with van der Waals surface area (Å²) in [6, 6.07) is 12.4. The molecule has 3 aromatic rings. The van der Waals surface area contributed by atoms with Gasteiger partial charge in [0.05, 0.1) is 10.7 Å². The third kappa shape index (κ3) is 2.33. The third-order valence-electron chi connectivity index (χ3n) is 2.77. The van der Waals surface area contributed by atoms with Crippen molar-refractivity contribution < 1.29 is 0 Å². The fourth-order valence-electron chi connectivity index (χ4n) is 1.82. The highest BCUT2D eigenvalue weighted by atomic mass is 35.5. The van der Waals surface area contributed by atoms with Crippen molar-refractivity contribution in [2.45, 2.75) is 0 Å². The van der Waals surface area contributed by atoms with Crippen molar-refractivity contribution in [3.63, 3.8) is 0 Å². The number of hydrogen-bond acceptors (Lipinski definition) is 4. The zero-order chi connectivity index (χ0) is 14.1.